The van der Waals surface area contributed by atoms with Gasteiger partial charge in [-0.25, -0.2) is 0 Å². The molecule has 1 aliphatic heterocycles. The zero-order chi connectivity index (χ0) is 19.6. The molecule has 6 heteroatoms. The average Bonchev–Trinajstić information content (AvgIpc) is 2.86. The summed E-state index contributed by atoms with van der Waals surface area (Å²) in [5.41, 5.74) is 3.84. The molecule has 27 heavy (non-hydrogen) atoms. The van der Waals surface area contributed by atoms with Crippen molar-refractivity contribution < 1.29 is 19.1 Å². The maximum atomic E-state index is 12.9. The summed E-state index contributed by atoms with van der Waals surface area (Å²) in [7, 11) is 0. The molecule has 6 nitrogen and oxygen atoms in total. The van der Waals surface area contributed by atoms with Gasteiger partial charge in [0.05, 0.1) is 32.3 Å². The molecule has 1 aromatic rings. The molecule has 1 amide bonds. The average molecular weight is 376 g/mol. The minimum absolute atomic E-state index is 0.0295. The Morgan fingerprint density at radius 1 is 1.30 bits per heavy atom. The Labute approximate surface area is 161 Å². The lowest BCUT2D eigenvalue weighted by Gasteiger charge is -2.30. The summed E-state index contributed by atoms with van der Waals surface area (Å²) in [6, 6.07) is 0. The van der Waals surface area contributed by atoms with Crippen LogP contribution in [0.15, 0.2) is 0 Å². The van der Waals surface area contributed by atoms with Gasteiger partial charge < -0.3 is 19.4 Å². The van der Waals surface area contributed by atoms with E-state index >= 15 is 0 Å². The molecule has 1 N–H and O–H groups in total. The van der Waals surface area contributed by atoms with Crippen LogP contribution in [0.4, 0.5) is 0 Å². The van der Waals surface area contributed by atoms with Gasteiger partial charge in [0, 0.05) is 36.5 Å². The van der Waals surface area contributed by atoms with E-state index in [1.807, 2.05) is 6.92 Å². The van der Waals surface area contributed by atoms with Crippen LogP contribution in [0.5, 0.6) is 0 Å². The highest BCUT2D eigenvalue weighted by Crippen LogP contribution is 2.38. The van der Waals surface area contributed by atoms with Crippen molar-refractivity contribution >= 4 is 11.7 Å². The second-order valence-electron chi connectivity index (χ2n) is 8.53. The number of ether oxygens (including phenoxy) is 2. The molecule has 1 atom stereocenters. The molecular formula is C21H32N2O4. The zero-order valence-electron chi connectivity index (χ0n) is 17.0. The Bertz CT molecular complexity index is 714. The quantitative estimate of drug-likeness (QED) is 0.828. The number of hydrogen-bond acceptors (Lipinski definition) is 4. The van der Waals surface area contributed by atoms with Crippen LogP contribution in [0.3, 0.4) is 0 Å². The molecular weight excluding hydrogens is 344 g/mol. The third-order valence-electron chi connectivity index (χ3n) is 5.52. The number of nitrogens with one attached hydrogen (secondary N) is 1. The maximum absolute atomic E-state index is 12.9. The molecule has 3 rings (SSSR count). The van der Waals surface area contributed by atoms with Gasteiger partial charge in [-0.1, -0.05) is 20.8 Å². The number of Topliss-reactive ketones (excluding diaryl/α,β-unsaturated/α-hetero) is 1. The third-order valence-corrected chi connectivity index (χ3v) is 5.52. The van der Waals surface area contributed by atoms with Crippen molar-refractivity contribution in [1.29, 1.82) is 0 Å². The fourth-order valence-electron chi connectivity index (χ4n) is 4.26. The minimum Gasteiger partial charge on any atom is -0.376 e. The van der Waals surface area contributed by atoms with Crippen molar-refractivity contribution in [1.82, 2.24) is 9.88 Å². The molecule has 0 radical (unpaired) electrons. The molecule has 2 heterocycles. The zero-order valence-corrected chi connectivity index (χ0v) is 17.0. The van der Waals surface area contributed by atoms with Crippen molar-refractivity contribution in [3.8, 4) is 0 Å². The normalized spacial score (nSPS) is 21.8. The highest BCUT2D eigenvalue weighted by atomic mass is 16.6. The lowest BCUT2D eigenvalue weighted by Crippen LogP contribution is -2.40. The van der Waals surface area contributed by atoms with E-state index in [-0.39, 0.29) is 29.6 Å². The molecule has 0 spiro atoms. The van der Waals surface area contributed by atoms with Crippen LogP contribution in [0.1, 0.15) is 60.9 Å². The van der Waals surface area contributed by atoms with Crippen molar-refractivity contribution in [2.75, 3.05) is 26.4 Å². The van der Waals surface area contributed by atoms with E-state index in [0.717, 1.165) is 41.9 Å². The number of rotatable bonds is 6. The number of ketones is 1. The Morgan fingerprint density at radius 3 is 2.74 bits per heavy atom. The van der Waals surface area contributed by atoms with Gasteiger partial charge in [-0.15, -0.1) is 0 Å². The molecule has 0 aromatic carbocycles. The van der Waals surface area contributed by atoms with Crippen LogP contribution in [0.2, 0.25) is 0 Å². The molecule has 1 aliphatic carbocycles. The van der Waals surface area contributed by atoms with Crippen LogP contribution in [0.25, 0.3) is 0 Å². The van der Waals surface area contributed by atoms with Crippen LogP contribution >= 0.6 is 0 Å². The third kappa shape index (κ3) is 4.43. The van der Waals surface area contributed by atoms with E-state index in [1.165, 1.54) is 0 Å². The Kier molecular flexibility index (Phi) is 6.06. The number of carbonyl (C=O) groups is 2. The topological polar surface area (TPSA) is 69.6 Å². The van der Waals surface area contributed by atoms with Crippen molar-refractivity contribution in [2.45, 2.75) is 66.0 Å². The highest BCUT2D eigenvalue weighted by molar-refractivity contribution is 6.01. The SMILES string of the molecule is CCCn1c(C)c(CC(=O)NCC2COCCO2)c2c1CC(C)(C)CC2=O. The lowest BCUT2D eigenvalue weighted by atomic mass is 9.75. The van der Waals surface area contributed by atoms with Crippen LogP contribution in [0, 0.1) is 12.3 Å². The highest BCUT2D eigenvalue weighted by Gasteiger charge is 2.36. The number of carbonyl (C=O) groups excluding carboxylic acids is 2. The Morgan fingerprint density at radius 2 is 2.07 bits per heavy atom. The van der Waals surface area contributed by atoms with E-state index in [4.69, 9.17) is 9.47 Å². The van der Waals surface area contributed by atoms with Gasteiger partial charge >= 0.3 is 0 Å². The van der Waals surface area contributed by atoms with E-state index in [1.54, 1.807) is 0 Å². The van der Waals surface area contributed by atoms with Crippen molar-refractivity contribution in [3.05, 3.63) is 22.5 Å². The van der Waals surface area contributed by atoms with Gasteiger partial charge in [-0.2, -0.15) is 0 Å². The molecule has 1 saturated heterocycles. The van der Waals surface area contributed by atoms with E-state index in [0.29, 0.717) is 32.8 Å². The number of amides is 1. The summed E-state index contributed by atoms with van der Waals surface area (Å²) < 4.78 is 13.2. The van der Waals surface area contributed by atoms with Crippen molar-refractivity contribution in [2.24, 2.45) is 5.41 Å². The second-order valence-corrected chi connectivity index (χ2v) is 8.53. The first-order chi connectivity index (χ1) is 12.8. The van der Waals surface area contributed by atoms with E-state index < -0.39 is 0 Å². The molecule has 2 aliphatic rings. The fourth-order valence-corrected chi connectivity index (χ4v) is 4.26. The van der Waals surface area contributed by atoms with Gasteiger partial charge in [0.2, 0.25) is 5.91 Å². The largest absolute Gasteiger partial charge is 0.376 e. The van der Waals surface area contributed by atoms with Gasteiger partial charge in [-0.3, -0.25) is 9.59 Å². The van der Waals surface area contributed by atoms with Crippen LogP contribution in [-0.4, -0.2) is 48.7 Å². The predicted molar refractivity (Wildman–Crippen MR) is 103 cm³/mol. The second kappa shape index (κ2) is 8.15. The van der Waals surface area contributed by atoms with E-state index in [2.05, 4.69) is 30.7 Å². The summed E-state index contributed by atoms with van der Waals surface area (Å²) in [5.74, 6) is 0.104. The molecule has 0 saturated carbocycles. The molecule has 1 unspecified atom stereocenters. The minimum atomic E-state index is -0.0927. The summed E-state index contributed by atoms with van der Waals surface area (Å²) in [4.78, 5) is 25.5. The summed E-state index contributed by atoms with van der Waals surface area (Å²) in [5, 5.41) is 2.94. The summed E-state index contributed by atoms with van der Waals surface area (Å²) in [6.45, 7) is 11.5. The molecule has 0 bridgehead atoms. The summed E-state index contributed by atoms with van der Waals surface area (Å²) >= 11 is 0. The number of hydrogen-bond donors (Lipinski definition) is 1. The molecule has 1 aromatic heterocycles. The summed E-state index contributed by atoms with van der Waals surface area (Å²) in [6.07, 6.45) is 2.57. The van der Waals surface area contributed by atoms with Gasteiger partial charge in [0.1, 0.15) is 0 Å². The van der Waals surface area contributed by atoms with Gasteiger partial charge in [0.15, 0.2) is 5.78 Å². The van der Waals surface area contributed by atoms with Crippen LogP contribution in [-0.2, 0) is 33.7 Å². The Balaban J connectivity index is 1.78. The Hall–Kier alpha value is -1.66. The fraction of sp³-hybridized carbons (Fsp3) is 0.714. The number of nitrogens with zero attached hydrogens (tertiary/aromatic N) is 1. The molecule has 1 fully saturated rings. The number of fused-ring (bicyclic) bond motifs is 1. The van der Waals surface area contributed by atoms with Crippen molar-refractivity contribution in [3.63, 3.8) is 0 Å². The van der Waals surface area contributed by atoms with Crippen LogP contribution < -0.4 is 5.32 Å². The lowest BCUT2D eigenvalue weighted by molar-refractivity contribution is -0.123. The monoisotopic (exact) mass is 376 g/mol. The van der Waals surface area contributed by atoms with Gasteiger partial charge in [0.25, 0.3) is 0 Å². The number of aromatic nitrogens is 1. The van der Waals surface area contributed by atoms with Gasteiger partial charge in [-0.05, 0) is 30.7 Å². The maximum Gasteiger partial charge on any atom is 0.224 e. The predicted octanol–water partition coefficient (Wildman–Crippen LogP) is 2.44. The van der Waals surface area contributed by atoms with E-state index in [9.17, 15) is 9.59 Å². The first kappa shape index (κ1) is 20.1. The first-order valence-electron chi connectivity index (χ1n) is 10.0. The smallest absolute Gasteiger partial charge is 0.224 e. The first-order valence-corrected chi connectivity index (χ1v) is 10.0. The molecule has 150 valence electrons. The standard InChI is InChI=1S/C21H32N2O4/c1-5-6-23-14(2)16(20-17(23)10-21(3,4)11-18(20)24)9-19(25)22-12-15-13-26-7-8-27-15/h15H,5-13H2,1-4H3,(H,22,25).